The number of hydrogen-bond acceptors (Lipinski definition) is 14. The largest absolute Gasteiger partial charge is 0.481 e. The Kier molecular flexibility index (Phi) is 21.2. The van der Waals surface area contributed by atoms with Crippen molar-refractivity contribution in [3.8, 4) is 0 Å². The molecule has 0 fully saturated rings. The summed E-state index contributed by atoms with van der Waals surface area (Å²) < 4.78 is 11.1. The summed E-state index contributed by atoms with van der Waals surface area (Å²) in [7, 11) is 0. The Morgan fingerprint density at radius 1 is 0.959 bits per heavy atom. The van der Waals surface area contributed by atoms with Crippen LogP contribution < -0.4 is 22.1 Å². The third kappa shape index (κ3) is 19.1. The topological polar surface area (TPSA) is 298 Å². The van der Waals surface area contributed by atoms with Crippen LogP contribution in [0.2, 0.25) is 0 Å². The van der Waals surface area contributed by atoms with E-state index < -0.39 is 67.3 Å². The molecular formula is C29H46N8O11S. The van der Waals surface area contributed by atoms with Crippen molar-refractivity contribution in [1.82, 2.24) is 25.6 Å². The summed E-state index contributed by atoms with van der Waals surface area (Å²) in [6.07, 6.45) is 1.95. The summed E-state index contributed by atoms with van der Waals surface area (Å²) in [6, 6.07) is -1.19. The Balaban J connectivity index is 2.87. The number of unbranched alkanes of at least 4 members (excludes halogenated alkanes) is 1. The quantitative estimate of drug-likeness (QED) is 0.0121. The average molecular weight is 715 g/mol. The van der Waals surface area contributed by atoms with E-state index >= 15 is 0 Å². The SMILES string of the molecule is NC(N)=NCCC[C@H](NC(=O)[C@H](COC=O)CC(=O)CCCCn1cc(CCCC(=O)O)nn1)C(=O)C[C@@H](COC=O)C(=O)N[C@H](O)CS. The first-order chi connectivity index (χ1) is 23.4. The maximum absolute atomic E-state index is 13.4. The first kappa shape index (κ1) is 42.4. The number of aliphatic hydroxyl groups excluding tert-OH is 1. The molecule has 2 amide bonds. The van der Waals surface area contributed by atoms with Gasteiger partial charge in [0.1, 0.15) is 25.2 Å². The standard InChI is InChI=1S/C29H46N8O11S/c30-29(31)32-9-4-7-23(24(41)12-20(15-48-18-39)28(46)34-25(42)16-49)33-27(45)19(14-47-17-38)11-22(40)6-1-2-10-37-13-21(35-36-37)5-3-8-26(43)44/h13,17-20,23,25,42,49H,1-12,14-16H2,(H,33,45)(H,34,46)(H,43,44)(H4,30,31,32)/t19-,20-,23-,25+/m0/s1. The molecule has 0 aliphatic heterocycles. The van der Waals surface area contributed by atoms with Gasteiger partial charge in [0.25, 0.3) is 12.9 Å². The zero-order chi connectivity index (χ0) is 36.6. The molecule has 1 aromatic heterocycles. The second-order valence-electron chi connectivity index (χ2n) is 11.1. The molecule has 20 heteroatoms. The van der Waals surface area contributed by atoms with E-state index in [0.29, 0.717) is 37.9 Å². The Morgan fingerprint density at radius 3 is 2.22 bits per heavy atom. The summed E-state index contributed by atoms with van der Waals surface area (Å²) in [6.45, 7) is -0.104. The van der Waals surface area contributed by atoms with Gasteiger partial charge in [0.05, 0.1) is 23.6 Å². The summed E-state index contributed by atoms with van der Waals surface area (Å²) in [5.74, 6) is -5.96. The molecule has 49 heavy (non-hydrogen) atoms. The number of rotatable bonds is 29. The van der Waals surface area contributed by atoms with Crippen molar-refractivity contribution >= 4 is 60.9 Å². The van der Waals surface area contributed by atoms with E-state index in [9.17, 15) is 38.7 Å². The number of nitrogens with one attached hydrogen (secondary N) is 2. The van der Waals surface area contributed by atoms with E-state index in [1.54, 1.807) is 10.9 Å². The highest BCUT2D eigenvalue weighted by Crippen LogP contribution is 2.15. The average Bonchev–Trinajstić information content (AvgIpc) is 3.51. The lowest BCUT2D eigenvalue weighted by Gasteiger charge is -2.23. The molecule has 19 nitrogen and oxygen atoms in total. The molecule has 0 radical (unpaired) electrons. The van der Waals surface area contributed by atoms with Gasteiger partial charge in [-0.05, 0) is 38.5 Å². The van der Waals surface area contributed by atoms with Crippen molar-refractivity contribution in [1.29, 1.82) is 0 Å². The van der Waals surface area contributed by atoms with E-state index in [4.69, 9.17) is 26.0 Å². The number of aliphatic hydroxyl groups is 1. The van der Waals surface area contributed by atoms with E-state index in [1.807, 2.05) is 0 Å². The molecule has 1 aromatic rings. The predicted molar refractivity (Wildman–Crippen MR) is 175 cm³/mol. The summed E-state index contributed by atoms with van der Waals surface area (Å²) in [5, 5.41) is 31.3. The van der Waals surface area contributed by atoms with Gasteiger partial charge in [-0.3, -0.25) is 43.2 Å². The van der Waals surface area contributed by atoms with Crippen LogP contribution in [0.3, 0.4) is 0 Å². The van der Waals surface area contributed by atoms with Gasteiger partial charge in [-0.15, -0.1) is 5.10 Å². The van der Waals surface area contributed by atoms with Crippen molar-refractivity contribution in [3.05, 3.63) is 11.9 Å². The fourth-order valence-corrected chi connectivity index (χ4v) is 4.63. The van der Waals surface area contributed by atoms with Gasteiger partial charge in [-0.25, -0.2) is 0 Å². The lowest BCUT2D eigenvalue weighted by molar-refractivity contribution is -0.140. The van der Waals surface area contributed by atoms with Gasteiger partial charge in [0.2, 0.25) is 11.8 Å². The van der Waals surface area contributed by atoms with Crippen LogP contribution in [-0.4, -0.2) is 111 Å². The number of hydrogen-bond donors (Lipinski definition) is 7. The molecule has 0 unspecified atom stereocenters. The predicted octanol–water partition coefficient (Wildman–Crippen LogP) is -1.74. The minimum absolute atomic E-state index is 0.0299. The number of aryl methyl sites for hydroxylation is 2. The molecule has 8 N–H and O–H groups in total. The number of carbonyl (C=O) groups excluding carboxylic acids is 6. The molecule has 0 aromatic carbocycles. The van der Waals surface area contributed by atoms with Gasteiger partial charge in [-0.1, -0.05) is 5.21 Å². The van der Waals surface area contributed by atoms with Crippen LogP contribution in [0.5, 0.6) is 0 Å². The highest BCUT2D eigenvalue weighted by atomic mass is 32.1. The lowest BCUT2D eigenvalue weighted by atomic mass is 9.94. The summed E-state index contributed by atoms with van der Waals surface area (Å²) >= 11 is 3.88. The fraction of sp³-hybridized carbons (Fsp3) is 0.655. The third-order valence-electron chi connectivity index (χ3n) is 7.03. The molecule has 1 heterocycles. The molecule has 0 spiro atoms. The molecule has 4 atom stereocenters. The van der Waals surface area contributed by atoms with Gasteiger partial charge in [-0.2, -0.15) is 12.6 Å². The van der Waals surface area contributed by atoms with E-state index in [1.165, 1.54) is 0 Å². The molecule has 0 saturated heterocycles. The Morgan fingerprint density at radius 2 is 1.61 bits per heavy atom. The van der Waals surface area contributed by atoms with Gasteiger partial charge < -0.3 is 41.8 Å². The normalized spacial score (nSPS) is 13.2. The molecule has 0 bridgehead atoms. The molecule has 274 valence electrons. The Hall–Kier alpha value is -4.59. The third-order valence-corrected chi connectivity index (χ3v) is 7.37. The minimum Gasteiger partial charge on any atom is -0.481 e. The summed E-state index contributed by atoms with van der Waals surface area (Å²) in [4.78, 5) is 88.4. The van der Waals surface area contributed by atoms with Crippen molar-refractivity contribution in [2.24, 2.45) is 28.3 Å². The van der Waals surface area contributed by atoms with Gasteiger partial charge in [0, 0.05) is 50.7 Å². The number of thiol groups is 1. The van der Waals surface area contributed by atoms with Crippen LogP contribution in [0, 0.1) is 11.8 Å². The number of nitrogens with zero attached hydrogens (tertiary/aromatic N) is 4. The van der Waals surface area contributed by atoms with Crippen LogP contribution in [0.15, 0.2) is 11.2 Å². The number of ketones is 2. The van der Waals surface area contributed by atoms with Crippen LogP contribution in [-0.2, 0) is 56.0 Å². The summed E-state index contributed by atoms with van der Waals surface area (Å²) in [5.41, 5.74) is 11.4. The van der Waals surface area contributed by atoms with Gasteiger partial charge in [0.15, 0.2) is 11.7 Å². The molecule has 0 aliphatic carbocycles. The number of carboxylic acid groups (broad SMARTS) is 1. The highest BCUT2D eigenvalue weighted by Gasteiger charge is 2.31. The Bertz CT molecular complexity index is 1260. The molecular weight excluding hydrogens is 668 g/mol. The number of ether oxygens (including phenoxy) is 2. The van der Waals surface area contributed by atoms with Crippen LogP contribution in [0.25, 0.3) is 0 Å². The smallest absolute Gasteiger partial charge is 0.303 e. The van der Waals surface area contributed by atoms with E-state index in [0.717, 1.165) is 0 Å². The fourth-order valence-electron chi connectivity index (χ4n) is 4.54. The monoisotopic (exact) mass is 714 g/mol. The number of amides is 2. The highest BCUT2D eigenvalue weighted by molar-refractivity contribution is 7.80. The van der Waals surface area contributed by atoms with Crippen LogP contribution >= 0.6 is 12.6 Å². The number of aromatic nitrogens is 3. The van der Waals surface area contributed by atoms with Crippen molar-refractivity contribution in [3.63, 3.8) is 0 Å². The molecule has 0 saturated carbocycles. The lowest BCUT2D eigenvalue weighted by Crippen LogP contribution is -2.47. The first-order valence-corrected chi connectivity index (χ1v) is 16.2. The minimum atomic E-state index is -1.33. The maximum atomic E-state index is 13.4. The number of aliphatic carboxylic acids is 1. The molecule has 0 aliphatic rings. The van der Waals surface area contributed by atoms with E-state index in [-0.39, 0.29) is 69.1 Å². The van der Waals surface area contributed by atoms with Crippen LogP contribution in [0.1, 0.15) is 63.5 Å². The van der Waals surface area contributed by atoms with E-state index in [2.05, 4.69) is 38.6 Å². The second kappa shape index (κ2) is 24.5. The number of carboxylic acids is 1. The number of Topliss-reactive ketones (excluding diaryl/α,β-unsaturated/α-hetero) is 2. The van der Waals surface area contributed by atoms with Crippen LogP contribution in [0.4, 0.5) is 0 Å². The zero-order valence-electron chi connectivity index (χ0n) is 27.1. The number of nitrogens with two attached hydrogens (primary N) is 2. The second-order valence-corrected chi connectivity index (χ2v) is 11.4. The number of guanidine groups is 1. The number of carbonyl (C=O) groups is 7. The zero-order valence-corrected chi connectivity index (χ0v) is 28.0. The van der Waals surface area contributed by atoms with Crippen molar-refractivity contribution in [2.45, 2.75) is 83.0 Å². The first-order valence-electron chi connectivity index (χ1n) is 15.6. The maximum Gasteiger partial charge on any atom is 0.303 e. The van der Waals surface area contributed by atoms with Crippen molar-refractivity contribution in [2.75, 3.05) is 25.5 Å². The van der Waals surface area contributed by atoms with Crippen molar-refractivity contribution < 1.29 is 53.2 Å². The Labute approximate surface area is 288 Å². The molecule has 1 rings (SSSR count). The number of aliphatic imine (C=N–C) groups is 1. The van der Waals surface area contributed by atoms with Gasteiger partial charge >= 0.3 is 5.97 Å².